The van der Waals surface area contributed by atoms with E-state index in [-0.39, 0.29) is 54.5 Å². The molecular weight excluding hydrogens is 444 g/mol. The summed E-state index contributed by atoms with van der Waals surface area (Å²) in [7, 11) is 4.97. The second-order valence-electron chi connectivity index (χ2n) is 7.38. The van der Waals surface area contributed by atoms with Crippen molar-refractivity contribution in [2.24, 2.45) is 21.1 Å². The summed E-state index contributed by atoms with van der Waals surface area (Å²) in [6.45, 7) is 2.02. The van der Waals surface area contributed by atoms with Gasteiger partial charge in [-0.3, -0.25) is 14.4 Å². The largest absolute Gasteiger partial charge is 0.460 e. The van der Waals surface area contributed by atoms with Crippen molar-refractivity contribution in [2.45, 2.75) is 13.3 Å². The van der Waals surface area contributed by atoms with Crippen molar-refractivity contribution in [3.8, 4) is 0 Å². The molecule has 0 aromatic carbocycles. The second-order valence-corrected chi connectivity index (χ2v) is 7.38. The summed E-state index contributed by atoms with van der Waals surface area (Å²) >= 11 is 0. The van der Waals surface area contributed by atoms with Gasteiger partial charge in [0.05, 0.1) is 12.3 Å². The molecular formula is C21H26N8O5. The maximum Gasteiger partial charge on any atom is 0.374 e. The van der Waals surface area contributed by atoms with E-state index in [0.29, 0.717) is 5.69 Å². The first kappa shape index (κ1) is 24.2. The van der Waals surface area contributed by atoms with E-state index >= 15 is 0 Å². The Morgan fingerprint density at radius 2 is 1.74 bits per heavy atom. The summed E-state index contributed by atoms with van der Waals surface area (Å²) in [5.74, 6) is -1.27. The lowest BCUT2D eigenvalue weighted by Crippen LogP contribution is -2.29. The number of imidazole rings is 2. The van der Waals surface area contributed by atoms with Crippen LogP contribution in [0.25, 0.3) is 0 Å². The second kappa shape index (κ2) is 10.5. The number of anilines is 2. The molecule has 0 aliphatic heterocycles. The molecule has 3 aromatic rings. The molecule has 0 saturated heterocycles. The Labute approximate surface area is 195 Å². The van der Waals surface area contributed by atoms with Crippen molar-refractivity contribution in [3.05, 3.63) is 48.2 Å². The Morgan fingerprint density at radius 1 is 0.971 bits per heavy atom. The van der Waals surface area contributed by atoms with E-state index in [2.05, 4.69) is 25.9 Å². The van der Waals surface area contributed by atoms with E-state index in [9.17, 15) is 19.2 Å². The van der Waals surface area contributed by atoms with E-state index in [1.807, 2.05) is 0 Å². The van der Waals surface area contributed by atoms with Crippen molar-refractivity contribution in [2.75, 3.05) is 23.8 Å². The fraction of sp³-hybridized carbons (Fsp3) is 0.333. The molecule has 13 nitrogen and oxygen atoms in total. The Bertz CT molecular complexity index is 1220. The monoisotopic (exact) mass is 470 g/mol. The van der Waals surface area contributed by atoms with Crippen molar-refractivity contribution in [1.82, 2.24) is 29.0 Å². The fourth-order valence-electron chi connectivity index (χ4n) is 3.13. The number of carbonyl (C=O) groups is 4. The Balaban J connectivity index is 1.54. The van der Waals surface area contributed by atoms with Crippen molar-refractivity contribution < 1.29 is 23.9 Å². The van der Waals surface area contributed by atoms with E-state index in [4.69, 9.17) is 4.74 Å². The summed E-state index contributed by atoms with van der Waals surface area (Å²) in [5.41, 5.74) is 0.683. The molecule has 3 heterocycles. The van der Waals surface area contributed by atoms with Crippen LogP contribution in [0.3, 0.4) is 0 Å². The van der Waals surface area contributed by atoms with E-state index in [0.717, 1.165) is 0 Å². The number of aromatic nitrogens is 5. The van der Waals surface area contributed by atoms with Crippen molar-refractivity contribution >= 4 is 35.2 Å². The van der Waals surface area contributed by atoms with Crippen LogP contribution in [0.5, 0.6) is 0 Å². The summed E-state index contributed by atoms with van der Waals surface area (Å²) in [6.07, 6.45) is 6.28. The molecule has 0 saturated carbocycles. The van der Waals surface area contributed by atoms with Crippen LogP contribution in [0.1, 0.15) is 45.1 Å². The number of nitrogens with zero attached hydrogens (tertiary/aromatic N) is 5. The number of aryl methyl sites for hydroxylation is 3. The van der Waals surface area contributed by atoms with Gasteiger partial charge in [0.15, 0.2) is 11.6 Å². The Kier molecular flexibility index (Phi) is 7.46. The van der Waals surface area contributed by atoms with Gasteiger partial charge in [-0.25, -0.2) is 14.8 Å². The maximum atomic E-state index is 12.7. The zero-order chi connectivity index (χ0) is 24.8. The number of ether oxygens (including phenoxy) is 1. The van der Waals surface area contributed by atoms with Gasteiger partial charge in [-0.15, -0.1) is 0 Å². The average Bonchev–Trinajstić information content (AvgIpc) is 3.46. The highest BCUT2D eigenvalue weighted by Crippen LogP contribution is 2.16. The Morgan fingerprint density at radius 3 is 2.41 bits per heavy atom. The van der Waals surface area contributed by atoms with E-state index in [1.54, 1.807) is 49.6 Å². The fourth-order valence-corrected chi connectivity index (χ4v) is 3.13. The highest BCUT2D eigenvalue weighted by molar-refractivity contribution is 6.04. The van der Waals surface area contributed by atoms with Gasteiger partial charge in [-0.05, 0) is 13.0 Å². The lowest BCUT2D eigenvalue weighted by atomic mass is 10.3. The molecule has 0 bridgehead atoms. The van der Waals surface area contributed by atoms with Gasteiger partial charge in [0.1, 0.15) is 5.69 Å². The third kappa shape index (κ3) is 5.68. The molecule has 0 radical (unpaired) electrons. The van der Waals surface area contributed by atoms with Crippen molar-refractivity contribution in [1.29, 1.82) is 0 Å². The quantitative estimate of drug-likeness (QED) is 0.389. The van der Waals surface area contributed by atoms with Crippen LogP contribution in [0.4, 0.5) is 11.5 Å². The summed E-state index contributed by atoms with van der Waals surface area (Å²) in [6, 6.07) is 1.51. The Hall–Kier alpha value is -4.42. The van der Waals surface area contributed by atoms with Crippen LogP contribution in [-0.4, -0.2) is 60.5 Å². The molecule has 0 atom stereocenters. The maximum absolute atomic E-state index is 12.7. The normalized spacial score (nSPS) is 10.6. The smallest absolute Gasteiger partial charge is 0.374 e. The van der Waals surface area contributed by atoms with Crippen LogP contribution in [0, 0.1) is 0 Å². The van der Waals surface area contributed by atoms with Crippen LogP contribution in [0.2, 0.25) is 0 Å². The summed E-state index contributed by atoms with van der Waals surface area (Å²) in [4.78, 5) is 56.9. The molecule has 3 aromatic heterocycles. The molecule has 34 heavy (non-hydrogen) atoms. The minimum Gasteiger partial charge on any atom is -0.460 e. The van der Waals surface area contributed by atoms with E-state index < -0.39 is 11.9 Å². The third-order valence-corrected chi connectivity index (χ3v) is 4.76. The molecule has 3 amide bonds. The van der Waals surface area contributed by atoms with Crippen LogP contribution < -0.4 is 16.0 Å². The van der Waals surface area contributed by atoms with Gasteiger partial charge >= 0.3 is 5.97 Å². The highest BCUT2D eigenvalue weighted by atomic mass is 16.5. The summed E-state index contributed by atoms with van der Waals surface area (Å²) < 4.78 is 9.51. The third-order valence-electron chi connectivity index (χ3n) is 4.76. The zero-order valence-electron chi connectivity index (χ0n) is 19.3. The lowest BCUT2D eigenvalue weighted by molar-refractivity contribution is -0.116. The van der Waals surface area contributed by atoms with Crippen LogP contribution in [-0.2, 0) is 30.7 Å². The molecule has 0 unspecified atom stereocenters. The first-order valence-electron chi connectivity index (χ1n) is 10.4. The van der Waals surface area contributed by atoms with Gasteiger partial charge in [0, 0.05) is 58.9 Å². The number of carbonyl (C=O) groups excluding carboxylic acids is 4. The molecule has 0 spiro atoms. The first-order valence-corrected chi connectivity index (χ1v) is 10.4. The topological polar surface area (TPSA) is 154 Å². The number of esters is 1. The molecule has 0 aliphatic carbocycles. The number of hydrogen-bond donors (Lipinski definition) is 3. The number of rotatable bonds is 9. The predicted molar refractivity (Wildman–Crippen MR) is 121 cm³/mol. The standard InChI is InChI=1S/C21H26N8O5/c1-5-34-21(33)18-25-15(12-29(18)4)26-19(31)14-10-13(11-28(14)3)24-16(30)6-7-23-20(32)17-22-8-9-27(17)2/h8-12H,5-7H2,1-4H3,(H,23,32)(H,24,30)(H,26,31). The molecule has 180 valence electrons. The number of nitrogens with one attached hydrogen (secondary N) is 3. The van der Waals surface area contributed by atoms with Crippen LogP contribution in [0.15, 0.2) is 30.9 Å². The highest BCUT2D eigenvalue weighted by Gasteiger charge is 2.19. The molecule has 0 aliphatic rings. The minimum absolute atomic E-state index is 0.0388. The molecule has 3 rings (SSSR count). The number of hydrogen-bond acceptors (Lipinski definition) is 7. The van der Waals surface area contributed by atoms with E-state index in [1.165, 1.54) is 23.0 Å². The van der Waals surface area contributed by atoms with Gasteiger partial charge < -0.3 is 34.4 Å². The van der Waals surface area contributed by atoms with Gasteiger partial charge in [0.2, 0.25) is 11.7 Å². The zero-order valence-corrected chi connectivity index (χ0v) is 19.3. The molecule has 0 fully saturated rings. The SMILES string of the molecule is CCOC(=O)c1nc(NC(=O)c2cc(NC(=O)CCNC(=O)c3nccn3C)cn2C)cn1C. The van der Waals surface area contributed by atoms with Crippen LogP contribution >= 0.6 is 0 Å². The minimum atomic E-state index is -0.592. The average molecular weight is 470 g/mol. The lowest BCUT2D eigenvalue weighted by Gasteiger charge is -2.05. The first-order chi connectivity index (χ1) is 16.2. The predicted octanol–water partition coefficient (Wildman–Crippen LogP) is 0.680. The van der Waals surface area contributed by atoms with Gasteiger partial charge in [-0.2, -0.15) is 0 Å². The van der Waals surface area contributed by atoms with Crippen molar-refractivity contribution in [3.63, 3.8) is 0 Å². The van der Waals surface area contributed by atoms with Gasteiger partial charge in [-0.1, -0.05) is 0 Å². The molecule has 3 N–H and O–H groups in total. The molecule has 13 heteroatoms. The number of amides is 3. The summed E-state index contributed by atoms with van der Waals surface area (Å²) in [5, 5.41) is 7.94. The van der Waals surface area contributed by atoms with Gasteiger partial charge in [0.25, 0.3) is 11.8 Å².